The van der Waals surface area contributed by atoms with E-state index in [1.165, 1.54) is 18.0 Å². The summed E-state index contributed by atoms with van der Waals surface area (Å²) in [6, 6.07) is 5.65. The van der Waals surface area contributed by atoms with Gasteiger partial charge in [-0.15, -0.1) is 5.10 Å². The van der Waals surface area contributed by atoms with Crippen LogP contribution in [0.25, 0.3) is 0 Å². The van der Waals surface area contributed by atoms with Crippen molar-refractivity contribution in [3.63, 3.8) is 0 Å². The Balaban J connectivity index is 1.93. The van der Waals surface area contributed by atoms with E-state index >= 15 is 0 Å². The van der Waals surface area contributed by atoms with Crippen molar-refractivity contribution in [2.24, 2.45) is 7.05 Å². The van der Waals surface area contributed by atoms with Crippen LogP contribution in [0, 0.1) is 13.8 Å². The summed E-state index contributed by atoms with van der Waals surface area (Å²) in [5.74, 6) is -0.491. The Kier molecular flexibility index (Phi) is 5.00. The molecule has 122 valence electrons. The van der Waals surface area contributed by atoms with Crippen molar-refractivity contribution in [2.45, 2.75) is 13.8 Å². The molecule has 0 aliphatic carbocycles. The van der Waals surface area contributed by atoms with Crippen LogP contribution in [0.2, 0.25) is 0 Å². The molecule has 7 heteroatoms. The molecular weight excluding hydrogens is 296 g/mol. The van der Waals surface area contributed by atoms with E-state index in [0.717, 1.165) is 11.1 Å². The minimum Gasteiger partial charge on any atom is -0.479 e. The first-order valence-corrected chi connectivity index (χ1v) is 7.13. The number of aromatic nitrogens is 2. The molecule has 0 aliphatic rings. The molecule has 0 fully saturated rings. The topological polar surface area (TPSA) is 85.2 Å². The molecule has 2 rings (SSSR count). The van der Waals surface area contributed by atoms with Gasteiger partial charge < -0.3 is 15.4 Å². The zero-order chi connectivity index (χ0) is 17.0. The highest BCUT2D eigenvalue weighted by Gasteiger charge is 2.17. The standard InChI is InChI=1S/C16H20N4O3/c1-10-5-6-12(7-11(10)2)18-14(21)8-17-15(22)13-9-20(3)19-16(13)23-4/h5-7,9H,8H2,1-4H3,(H,17,22)(H,18,21). The maximum atomic E-state index is 12.1. The van der Waals surface area contributed by atoms with Gasteiger partial charge in [-0.25, -0.2) is 0 Å². The molecule has 0 atom stereocenters. The van der Waals surface area contributed by atoms with Gasteiger partial charge in [-0.1, -0.05) is 6.07 Å². The zero-order valence-corrected chi connectivity index (χ0v) is 13.6. The number of anilines is 1. The molecular formula is C16H20N4O3. The smallest absolute Gasteiger partial charge is 0.258 e. The molecule has 2 N–H and O–H groups in total. The second-order valence-corrected chi connectivity index (χ2v) is 5.26. The molecule has 0 unspecified atom stereocenters. The van der Waals surface area contributed by atoms with Crippen molar-refractivity contribution in [3.8, 4) is 5.88 Å². The molecule has 1 aromatic carbocycles. The van der Waals surface area contributed by atoms with Crippen molar-refractivity contribution >= 4 is 17.5 Å². The average molecular weight is 316 g/mol. The molecule has 0 saturated heterocycles. The number of amides is 2. The van der Waals surface area contributed by atoms with E-state index < -0.39 is 5.91 Å². The van der Waals surface area contributed by atoms with Crippen LogP contribution in [0.5, 0.6) is 5.88 Å². The number of rotatable bonds is 5. The quantitative estimate of drug-likeness (QED) is 0.873. The fourth-order valence-corrected chi connectivity index (χ4v) is 2.05. The summed E-state index contributed by atoms with van der Waals surface area (Å²) < 4.78 is 6.50. The lowest BCUT2D eigenvalue weighted by molar-refractivity contribution is -0.115. The maximum absolute atomic E-state index is 12.1. The van der Waals surface area contributed by atoms with Crippen LogP contribution in [-0.4, -0.2) is 35.2 Å². The van der Waals surface area contributed by atoms with Crippen LogP contribution in [0.3, 0.4) is 0 Å². The van der Waals surface area contributed by atoms with Gasteiger partial charge in [0.15, 0.2) is 0 Å². The minimum atomic E-state index is -0.412. The van der Waals surface area contributed by atoms with Crippen LogP contribution in [0.4, 0.5) is 5.69 Å². The fraction of sp³-hybridized carbons (Fsp3) is 0.312. The number of hydrogen-bond donors (Lipinski definition) is 2. The third-order valence-corrected chi connectivity index (χ3v) is 3.43. The predicted molar refractivity (Wildman–Crippen MR) is 86.6 cm³/mol. The molecule has 0 radical (unpaired) electrons. The lowest BCUT2D eigenvalue weighted by atomic mass is 10.1. The van der Waals surface area contributed by atoms with Crippen molar-refractivity contribution in [1.29, 1.82) is 0 Å². The fourth-order valence-electron chi connectivity index (χ4n) is 2.05. The van der Waals surface area contributed by atoms with Gasteiger partial charge in [0.05, 0.1) is 13.7 Å². The Hall–Kier alpha value is -2.83. The Bertz CT molecular complexity index is 737. The third kappa shape index (κ3) is 4.09. The molecule has 2 amide bonds. The summed E-state index contributed by atoms with van der Waals surface area (Å²) in [5, 5.41) is 9.29. The number of benzene rings is 1. The second kappa shape index (κ2) is 6.95. The van der Waals surface area contributed by atoms with Crippen molar-refractivity contribution in [3.05, 3.63) is 41.1 Å². The Morgan fingerprint density at radius 1 is 1.26 bits per heavy atom. The SMILES string of the molecule is COc1nn(C)cc1C(=O)NCC(=O)Nc1ccc(C)c(C)c1. The van der Waals surface area contributed by atoms with Crippen molar-refractivity contribution < 1.29 is 14.3 Å². The summed E-state index contributed by atoms with van der Waals surface area (Å²) >= 11 is 0. The summed E-state index contributed by atoms with van der Waals surface area (Å²) in [6.45, 7) is 3.84. The second-order valence-electron chi connectivity index (χ2n) is 5.26. The number of methoxy groups -OCH3 is 1. The highest BCUT2D eigenvalue weighted by Crippen LogP contribution is 2.15. The molecule has 7 nitrogen and oxygen atoms in total. The van der Waals surface area contributed by atoms with E-state index in [9.17, 15) is 9.59 Å². The van der Waals surface area contributed by atoms with Crippen LogP contribution < -0.4 is 15.4 Å². The maximum Gasteiger partial charge on any atom is 0.258 e. The third-order valence-electron chi connectivity index (χ3n) is 3.43. The molecule has 1 aromatic heterocycles. The van der Waals surface area contributed by atoms with E-state index in [1.54, 1.807) is 7.05 Å². The highest BCUT2D eigenvalue weighted by atomic mass is 16.5. The van der Waals surface area contributed by atoms with E-state index in [-0.39, 0.29) is 23.9 Å². The number of hydrogen-bond acceptors (Lipinski definition) is 4. The van der Waals surface area contributed by atoms with Crippen LogP contribution in [0.1, 0.15) is 21.5 Å². The Morgan fingerprint density at radius 3 is 2.65 bits per heavy atom. The lowest BCUT2D eigenvalue weighted by Crippen LogP contribution is -2.32. The van der Waals surface area contributed by atoms with E-state index in [0.29, 0.717) is 5.69 Å². The molecule has 0 saturated carbocycles. The molecule has 2 aromatic rings. The number of nitrogens with one attached hydrogen (secondary N) is 2. The lowest BCUT2D eigenvalue weighted by Gasteiger charge is -2.08. The first kappa shape index (κ1) is 16.5. The van der Waals surface area contributed by atoms with Gasteiger partial charge in [-0.05, 0) is 37.1 Å². The predicted octanol–water partition coefficient (Wildman–Crippen LogP) is 1.41. The van der Waals surface area contributed by atoms with Gasteiger partial charge in [0.2, 0.25) is 11.8 Å². The van der Waals surface area contributed by atoms with Crippen LogP contribution in [-0.2, 0) is 11.8 Å². The zero-order valence-electron chi connectivity index (χ0n) is 13.6. The highest BCUT2D eigenvalue weighted by molar-refractivity contribution is 6.00. The van der Waals surface area contributed by atoms with E-state index in [1.807, 2.05) is 32.0 Å². The number of ether oxygens (including phenoxy) is 1. The number of aryl methyl sites for hydroxylation is 3. The molecule has 0 spiro atoms. The summed E-state index contributed by atoms with van der Waals surface area (Å²) in [5.41, 5.74) is 3.23. The normalized spacial score (nSPS) is 10.3. The van der Waals surface area contributed by atoms with Crippen LogP contribution >= 0.6 is 0 Å². The first-order valence-electron chi connectivity index (χ1n) is 7.13. The largest absolute Gasteiger partial charge is 0.479 e. The molecule has 0 bridgehead atoms. The van der Waals surface area contributed by atoms with Crippen molar-refractivity contribution in [1.82, 2.24) is 15.1 Å². The Morgan fingerprint density at radius 2 is 2.00 bits per heavy atom. The number of carbonyl (C=O) groups excluding carboxylic acids is 2. The first-order chi connectivity index (χ1) is 10.9. The van der Waals surface area contributed by atoms with Gasteiger partial charge in [0, 0.05) is 18.9 Å². The van der Waals surface area contributed by atoms with Gasteiger partial charge in [-0.2, -0.15) is 0 Å². The number of nitrogens with zero attached hydrogens (tertiary/aromatic N) is 2. The monoisotopic (exact) mass is 316 g/mol. The molecule has 23 heavy (non-hydrogen) atoms. The van der Waals surface area contributed by atoms with Gasteiger partial charge in [-0.3, -0.25) is 14.3 Å². The van der Waals surface area contributed by atoms with Crippen LogP contribution in [0.15, 0.2) is 24.4 Å². The average Bonchev–Trinajstić information content (AvgIpc) is 2.90. The molecule has 1 heterocycles. The Labute approximate surface area is 134 Å². The van der Waals surface area contributed by atoms with E-state index in [2.05, 4.69) is 15.7 Å². The van der Waals surface area contributed by atoms with Crippen molar-refractivity contribution in [2.75, 3.05) is 19.0 Å². The van der Waals surface area contributed by atoms with Gasteiger partial charge in [0.25, 0.3) is 5.91 Å². The van der Waals surface area contributed by atoms with Gasteiger partial charge in [0.1, 0.15) is 5.56 Å². The summed E-state index contributed by atoms with van der Waals surface area (Å²) in [6.07, 6.45) is 1.54. The van der Waals surface area contributed by atoms with Gasteiger partial charge >= 0.3 is 0 Å². The van der Waals surface area contributed by atoms with E-state index in [4.69, 9.17) is 4.74 Å². The summed E-state index contributed by atoms with van der Waals surface area (Å²) in [4.78, 5) is 24.0. The minimum absolute atomic E-state index is 0.135. The number of carbonyl (C=O) groups is 2. The molecule has 0 aliphatic heterocycles. The summed E-state index contributed by atoms with van der Waals surface area (Å²) in [7, 11) is 3.12.